The highest BCUT2D eigenvalue weighted by atomic mass is 19.1. The molecular formula is C21H26FN3O4. The van der Waals surface area contributed by atoms with Crippen LogP contribution in [0.15, 0.2) is 33.9 Å². The minimum atomic E-state index is -1.17. The number of nitrogens with zero attached hydrogens (tertiary/aromatic N) is 2. The highest BCUT2D eigenvalue weighted by Crippen LogP contribution is 2.30. The summed E-state index contributed by atoms with van der Waals surface area (Å²) >= 11 is 0. The van der Waals surface area contributed by atoms with E-state index in [1.54, 1.807) is 6.07 Å². The molecule has 0 radical (unpaired) electrons. The molecule has 0 amide bonds. The molecule has 2 aromatic rings. The molecule has 0 bridgehead atoms. The average Bonchev–Trinajstić information content (AvgIpc) is 3.51. The van der Waals surface area contributed by atoms with E-state index in [4.69, 9.17) is 5.11 Å². The topological polar surface area (TPSA) is 93.3 Å². The molecule has 2 N–H and O–H groups in total. The van der Waals surface area contributed by atoms with Crippen LogP contribution in [0.4, 0.5) is 10.1 Å². The summed E-state index contributed by atoms with van der Waals surface area (Å²) < 4.78 is 17.2. The maximum atomic E-state index is 14.7. The van der Waals surface area contributed by atoms with Gasteiger partial charge in [-0.3, -0.25) is 13.9 Å². The van der Waals surface area contributed by atoms with Gasteiger partial charge in [0.05, 0.1) is 16.6 Å². The smallest absolute Gasteiger partial charge is 0.332 e. The molecular weight excluding hydrogens is 377 g/mol. The molecule has 29 heavy (non-hydrogen) atoms. The van der Waals surface area contributed by atoms with Crippen LogP contribution in [0.25, 0.3) is 10.9 Å². The van der Waals surface area contributed by atoms with Crippen LogP contribution in [0.2, 0.25) is 0 Å². The fraction of sp³-hybridized carbons (Fsp3) is 0.476. The van der Waals surface area contributed by atoms with Gasteiger partial charge in [-0.25, -0.2) is 14.0 Å². The van der Waals surface area contributed by atoms with Crippen LogP contribution < -0.4 is 16.6 Å². The zero-order valence-corrected chi connectivity index (χ0v) is 16.7. The molecule has 1 aliphatic carbocycles. The Labute approximate surface area is 167 Å². The molecule has 0 aliphatic heterocycles. The minimum absolute atomic E-state index is 0.106. The molecule has 3 rings (SSSR count). The predicted molar refractivity (Wildman–Crippen MR) is 110 cm³/mol. The van der Waals surface area contributed by atoms with Crippen molar-refractivity contribution in [3.05, 3.63) is 50.9 Å². The van der Waals surface area contributed by atoms with Crippen molar-refractivity contribution in [1.29, 1.82) is 0 Å². The van der Waals surface area contributed by atoms with Crippen LogP contribution >= 0.6 is 0 Å². The Kier molecular flexibility index (Phi) is 6.20. The van der Waals surface area contributed by atoms with Crippen LogP contribution in [0.1, 0.15) is 45.6 Å². The fourth-order valence-corrected chi connectivity index (χ4v) is 3.54. The first-order valence-electron chi connectivity index (χ1n) is 9.99. The molecule has 1 aromatic carbocycles. The van der Waals surface area contributed by atoms with Crippen LogP contribution in [0.3, 0.4) is 0 Å². The summed E-state index contributed by atoms with van der Waals surface area (Å²) in [5.41, 5.74) is -0.473. The van der Waals surface area contributed by atoms with Gasteiger partial charge in [-0.2, -0.15) is 0 Å². The number of anilines is 1. The lowest BCUT2D eigenvalue weighted by Gasteiger charge is -2.21. The molecule has 7 nitrogen and oxygen atoms in total. The van der Waals surface area contributed by atoms with E-state index in [9.17, 15) is 18.8 Å². The largest absolute Gasteiger partial charge is 0.478 e. The number of aliphatic carboxylic acids is 1. The third kappa shape index (κ3) is 4.41. The molecule has 0 saturated heterocycles. The summed E-state index contributed by atoms with van der Waals surface area (Å²) in [4.78, 5) is 36.8. The lowest BCUT2D eigenvalue weighted by molar-refractivity contribution is -0.131. The molecule has 1 aliphatic rings. The van der Waals surface area contributed by atoms with Crippen LogP contribution in [-0.2, 0) is 11.3 Å². The van der Waals surface area contributed by atoms with Gasteiger partial charge in [0, 0.05) is 25.2 Å². The van der Waals surface area contributed by atoms with Crippen molar-refractivity contribution < 1.29 is 14.3 Å². The highest BCUT2D eigenvalue weighted by molar-refractivity contribution is 5.82. The molecule has 0 unspecified atom stereocenters. The number of aromatic nitrogens is 2. The zero-order chi connectivity index (χ0) is 21.1. The Morgan fingerprint density at radius 1 is 1.31 bits per heavy atom. The molecule has 1 fully saturated rings. The summed E-state index contributed by atoms with van der Waals surface area (Å²) in [7, 11) is 0. The van der Waals surface area contributed by atoms with Crippen molar-refractivity contribution in [2.75, 3.05) is 11.9 Å². The third-order valence-corrected chi connectivity index (χ3v) is 5.39. The van der Waals surface area contributed by atoms with Gasteiger partial charge >= 0.3 is 11.7 Å². The van der Waals surface area contributed by atoms with E-state index in [0.717, 1.165) is 23.5 Å². The first-order valence-corrected chi connectivity index (χ1v) is 9.99. The van der Waals surface area contributed by atoms with Gasteiger partial charge in [-0.1, -0.05) is 19.9 Å². The number of benzene rings is 1. The summed E-state index contributed by atoms with van der Waals surface area (Å²) in [6, 6.07) is 2.55. The Morgan fingerprint density at radius 2 is 2.00 bits per heavy atom. The summed E-state index contributed by atoms with van der Waals surface area (Å²) in [5, 5.41) is 12.0. The number of carbonyl (C=O) groups is 1. The Hall–Kier alpha value is -2.90. The van der Waals surface area contributed by atoms with Gasteiger partial charge in [0.25, 0.3) is 5.56 Å². The lowest BCUT2D eigenvalue weighted by atomic mass is 10.1. The van der Waals surface area contributed by atoms with E-state index in [-0.39, 0.29) is 23.7 Å². The summed E-state index contributed by atoms with van der Waals surface area (Å²) in [5.74, 6) is -1.17. The van der Waals surface area contributed by atoms with E-state index in [0.29, 0.717) is 30.8 Å². The quantitative estimate of drug-likeness (QED) is 0.628. The van der Waals surface area contributed by atoms with Gasteiger partial charge < -0.3 is 10.4 Å². The number of carboxylic acids is 1. The molecule has 1 heterocycles. The normalized spacial score (nSPS) is 14.2. The lowest BCUT2D eigenvalue weighted by Crippen LogP contribution is -2.41. The van der Waals surface area contributed by atoms with E-state index < -0.39 is 23.0 Å². The second kappa shape index (κ2) is 8.63. The fourth-order valence-electron chi connectivity index (χ4n) is 3.54. The molecule has 1 saturated carbocycles. The second-order valence-electron chi connectivity index (χ2n) is 7.45. The first kappa shape index (κ1) is 20.8. The van der Waals surface area contributed by atoms with Crippen LogP contribution in [0.5, 0.6) is 0 Å². The number of rotatable bonds is 9. The first-order chi connectivity index (χ1) is 13.9. The van der Waals surface area contributed by atoms with Crippen LogP contribution in [-0.4, -0.2) is 26.8 Å². The number of carboxylic acid groups (broad SMARTS) is 1. The van der Waals surface area contributed by atoms with Crippen molar-refractivity contribution in [3.63, 3.8) is 0 Å². The van der Waals surface area contributed by atoms with Crippen molar-refractivity contribution in [2.24, 2.45) is 5.92 Å². The van der Waals surface area contributed by atoms with Crippen molar-refractivity contribution in [3.8, 4) is 0 Å². The zero-order valence-electron chi connectivity index (χ0n) is 16.7. The molecule has 1 aromatic heterocycles. The highest BCUT2D eigenvalue weighted by Gasteiger charge is 2.23. The van der Waals surface area contributed by atoms with Crippen LogP contribution in [0, 0.1) is 11.7 Å². The molecule has 8 heteroatoms. The molecule has 0 atom stereocenters. The summed E-state index contributed by atoms with van der Waals surface area (Å²) in [6.45, 7) is 4.36. The van der Waals surface area contributed by atoms with Gasteiger partial charge in [0.15, 0.2) is 0 Å². The average molecular weight is 403 g/mol. The SMILES string of the molecule is CCC(CC)n1c(=O)n(CC=CC(=O)O)c(=O)c2cc(F)c(NCC3CC3)cc21. The predicted octanol–water partition coefficient (Wildman–Crippen LogP) is 3.13. The Morgan fingerprint density at radius 3 is 2.59 bits per heavy atom. The standard InChI is InChI=1S/C21H26FN3O4/c1-3-14(4-2)25-18-11-17(23-12-13-7-8-13)16(22)10-15(18)20(28)24(21(25)29)9-5-6-19(26)27/h5-6,10-11,13-14,23H,3-4,7-9,12H2,1-2H3,(H,26,27). The van der Waals surface area contributed by atoms with Gasteiger partial charge in [-0.05, 0) is 43.7 Å². The second-order valence-corrected chi connectivity index (χ2v) is 7.45. The van der Waals surface area contributed by atoms with Crippen molar-refractivity contribution in [1.82, 2.24) is 9.13 Å². The Bertz CT molecular complexity index is 1060. The van der Waals surface area contributed by atoms with E-state index in [1.165, 1.54) is 16.7 Å². The monoisotopic (exact) mass is 403 g/mol. The number of hydrogen-bond donors (Lipinski definition) is 2. The number of hydrogen-bond acceptors (Lipinski definition) is 4. The third-order valence-electron chi connectivity index (χ3n) is 5.39. The Balaban J connectivity index is 2.20. The van der Waals surface area contributed by atoms with E-state index in [1.807, 2.05) is 13.8 Å². The van der Waals surface area contributed by atoms with Crippen molar-refractivity contribution in [2.45, 2.75) is 52.1 Å². The number of halogens is 1. The van der Waals surface area contributed by atoms with E-state index >= 15 is 0 Å². The summed E-state index contributed by atoms with van der Waals surface area (Å²) in [6.07, 6.45) is 5.68. The van der Waals surface area contributed by atoms with Gasteiger partial charge in [0.2, 0.25) is 0 Å². The number of allylic oxidation sites excluding steroid dienone is 1. The van der Waals surface area contributed by atoms with Crippen molar-refractivity contribution >= 4 is 22.6 Å². The maximum Gasteiger partial charge on any atom is 0.332 e. The minimum Gasteiger partial charge on any atom is -0.478 e. The number of fused-ring (bicyclic) bond motifs is 1. The molecule has 156 valence electrons. The number of nitrogens with one attached hydrogen (secondary N) is 1. The maximum absolute atomic E-state index is 14.7. The molecule has 0 spiro atoms. The van der Waals surface area contributed by atoms with Gasteiger partial charge in [0.1, 0.15) is 5.82 Å². The van der Waals surface area contributed by atoms with E-state index in [2.05, 4.69) is 5.32 Å². The van der Waals surface area contributed by atoms with Gasteiger partial charge in [-0.15, -0.1) is 0 Å².